The first kappa shape index (κ1) is 28.9. The summed E-state index contributed by atoms with van der Waals surface area (Å²) in [5.41, 5.74) is 0.116. The van der Waals surface area contributed by atoms with Gasteiger partial charge in [-0.1, -0.05) is 54.1 Å². The van der Waals surface area contributed by atoms with Crippen LogP contribution >= 0.6 is 23.4 Å². The van der Waals surface area contributed by atoms with Gasteiger partial charge in [-0.3, -0.25) is 19.3 Å². The second kappa shape index (κ2) is 13.8. The highest BCUT2D eigenvalue weighted by Gasteiger charge is 2.53. The minimum atomic E-state index is -1.41. The highest BCUT2D eigenvalue weighted by atomic mass is 35.5. The molecule has 0 aromatic heterocycles. The number of thioether (sulfide) groups is 1. The number of nitrogens with zero attached hydrogens (tertiary/aromatic N) is 1. The summed E-state index contributed by atoms with van der Waals surface area (Å²) >= 11 is 7.61. The van der Waals surface area contributed by atoms with Gasteiger partial charge in [0.15, 0.2) is 0 Å². The fraction of sp³-hybridized carbons (Fsp3) is 0.429. The van der Waals surface area contributed by atoms with Crippen LogP contribution in [0.3, 0.4) is 0 Å². The summed E-state index contributed by atoms with van der Waals surface area (Å²) in [5.74, 6) is -0.914. The van der Waals surface area contributed by atoms with Crippen molar-refractivity contribution in [2.75, 3.05) is 26.1 Å². The minimum absolute atomic E-state index is 0.0363. The van der Waals surface area contributed by atoms with E-state index in [9.17, 15) is 19.2 Å². The molecule has 0 aliphatic carbocycles. The summed E-state index contributed by atoms with van der Waals surface area (Å²) in [6, 6.07) is 15.2. The summed E-state index contributed by atoms with van der Waals surface area (Å²) in [6.07, 6.45) is 1.40. The lowest BCUT2D eigenvalue weighted by molar-refractivity contribution is -0.161. The SMILES string of the molecule is COc1ccc(COC(=O)C(Cl)N2C(=O)[C@@H](NC(=O)Cc3ccccc3)[C@H]2SCC(=O)C2CCOCC2)cc1. The van der Waals surface area contributed by atoms with Gasteiger partial charge in [-0.2, -0.15) is 0 Å². The molecule has 2 aliphatic rings. The van der Waals surface area contributed by atoms with E-state index in [1.807, 2.05) is 30.3 Å². The van der Waals surface area contributed by atoms with Crippen LogP contribution in [0.2, 0.25) is 0 Å². The Bertz CT molecular complexity index is 1160. The summed E-state index contributed by atoms with van der Waals surface area (Å²) in [5, 5.41) is 2.06. The molecule has 0 spiro atoms. The van der Waals surface area contributed by atoms with Crippen LogP contribution in [-0.2, 0) is 41.7 Å². The maximum atomic E-state index is 13.1. The normalized spacial score (nSPS) is 20.1. The largest absolute Gasteiger partial charge is 0.497 e. The van der Waals surface area contributed by atoms with Crippen molar-refractivity contribution >= 4 is 46.9 Å². The zero-order chi connectivity index (χ0) is 27.8. The number of alkyl halides is 1. The molecule has 2 heterocycles. The van der Waals surface area contributed by atoms with Crippen molar-refractivity contribution in [3.05, 3.63) is 65.7 Å². The Balaban J connectivity index is 1.39. The van der Waals surface area contributed by atoms with Gasteiger partial charge >= 0.3 is 5.97 Å². The fourth-order valence-electron chi connectivity index (χ4n) is 4.41. The third kappa shape index (κ3) is 7.52. The lowest BCUT2D eigenvalue weighted by Crippen LogP contribution is -2.72. The van der Waals surface area contributed by atoms with Crippen molar-refractivity contribution in [3.8, 4) is 5.75 Å². The number of amides is 2. The smallest absolute Gasteiger partial charge is 0.345 e. The lowest BCUT2D eigenvalue weighted by Gasteiger charge is -2.47. The Morgan fingerprint density at radius 2 is 1.77 bits per heavy atom. The van der Waals surface area contributed by atoms with Gasteiger partial charge in [0.2, 0.25) is 11.4 Å². The third-order valence-corrected chi connectivity index (χ3v) is 8.34. The Morgan fingerprint density at radius 3 is 2.44 bits per heavy atom. The lowest BCUT2D eigenvalue weighted by atomic mass is 9.96. The van der Waals surface area contributed by atoms with Crippen molar-refractivity contribution in [3.63, 3.8) is 0 Å². The van der Waals surface area contributed by atoms with Crippen molar-refractivity contribution < 1.29 is 33.4 Å². The highest BCUT2D eigenvalue weighted by molar-refractivity contribution is 8.00. The zero-order valence-electron chi connectivity index (χ0n) is 21.5. The topological polar surface area (TPSA) is 111 Å². The number of likely N-dealkylation sites (tertiary alicyclic amines) is 1. The van der Waals surface area contributed by atoms with E-state index in [0.717, 1.165) is 11.1 Å². The average molecular weight is 575 g/mol. The van der Waals surface area contributed by atoms with Crippen LogP contribution in [-0.4, -0.2) is 71.5 Å². The van der Waals surface area contributed by atoms with Crippen LogP contribution in [0.25, 0.3) is 0 Å². The number of nitrogens with one attached hydrogen (secondary N) is 1. The van der Waals surface area contributed by atoms with E-state index in [-0.39, 0.29) is 36.4 Å². The van der Waals surface area contributed by atoms with Crippen molar-refractivity contribution in [1.29, 1.82) is 0 Å². The number of halogens is 1. The second-order valence-electron chi connectivity index (χ2n) is 9.30. The van der Waals surface area contributed by atoms with Gasteiger partial charge in [-0.05, 0) is 36.1 Å². The first-order valence-electron chi connectivity index (χ1n) is 12.7. The molecule has 9 nitrogen and oxygen atoms in total. The molecule has 3 atom stereocenters. The molecule has 1 N–H and O–H groups in total. The maximum absolute atomic E-state index is 13.1. The molecule has 39 heavy (non-hydrogen) atoms. The Hall–Kier alpha value is -3.08. The van der Waals surface area contributed by atoms with Crippen LogP contribution in [0, 0.1) is 5.92 Å². The maximum Gasteiger partial charge on any atom is 0.345 e. The number of methoxy groups -OCH3 is 1. The number of hydrogen-bond acceptors (Lipinski definition) is 8. The minimum Gasteiger partial charge on any atom is -0.497 e. The Kier molecular flexibility index (Phi) is 10.2. The number of esters is 1. The van der Waals surface area contributed by atoms with E-state index < -0.39 is 28.8 Å². The Morgan fingerprint density at radius 1 is 1.08 bits per heavy atom. The van der Waals surface area contributed by atoms with Gasteiger partial charge < -0.3 is 19.5 Å². The van der Waals surface area contributed by atoms with Crippen molar-refractivity contribution in [2.24, 2.45) is 5.92 Å². The van der Waals surface area contributed by atoms with E-state index in [1.165, 1.54) is 16.7 Å². The number of benzene rings is 2. The predicted octanol–water partition coefficient (Wildman–Crippen LogP) is 2.93. The molecule has 2 aliphatic heterocycles. The molecule has 2 fully saturated rings. The van der Waals surface area contributed by atoms with Gasteiger partial charge in [0.25, 0.3) is 5.91 Å². The van der Waals surface area contributed by atoms with E-state index in [1.54, 1.807) is 31.4 Å². The molecule has 4 rings (SSSR count). The molecule has 11 heteroatoms. The zero-order valence-corrected chi connectivity index (χ0v) is 23.1. The molecular formula is C28H31ClN2O7S. The van der Waals surface area contributed by atoms with E-state index in [0.29, 0.717) is 31.8 Å². The highest BCUT2D eigenvalue weighted by Crippen LogP contribution is 2.35. The van der Waals surface area contributed by atoms with E-state index >= 15 is 0 Å². The molecule has 0 saturated carbocycles. The Labute approximate surface area is 236 Å². The molecule has 2 saturated heterocycles. The molecule has 2 aromatic rings. The number of hydrogen-bond donors (Lipinski definition) is 1. The first-order chi connectivity index (χ1) is 18.9. The first-order valence-corrected chi connectivity index (χ1v) is 14.2. The quantitative estimate of drug-likeness (QED) is 0.178. The monoisotopic (exact) mass is 574 g/mol. The summed E-state index contributed by atoms with van der Waals surface area (Å²) in [4.78, 5) is 52.5. The van der Waals surface area contributed by atoms with Crippen LogP contribution in [0.15, 0.2) is 54.6 Å². The van der Waals surface area contributed by atoms with Crippen LogP contribution in [0.4, 0.5) is 0 Å². The number of rotatable bonds is 12. The van der Waals surface area contributed by atoms with Gasteiger partial charge in [0.1, 0.15) is 29.6 Å². The van der Waals surface area contributed by atoms with E-state index in [4.69, 9.17) is 25.8 Å². The summed E-state index contributed by atoms with van der Waals surface area (Å²) in [7, 11) is 1.56. The molecule has 2 amide bonds. The second-order valence-corrected chi connectivity index (χ2v) is 10.8. The van der Waals surface area contributed by atoms with Crippen LogP contribution < -0.4 is 10.1 Å². The average Bonchev–Trinajstić information content (AvgIpc) is 2.97. The van der Waals surface area contributed by atoms with Crippen LogP contribution in [0.1, 0.15) is 24.0 Å². The molecule has 0 radical (unpaired) electrons. The van der Waals surface area contributed by atoms with E-state index in [2.05, 4.69) is 5.32 Å². The number of carbonyl (C=O) groups is 4. The van der Waals surface area contributed by atoms with Gasteiger partial charge in [0, 0.05) is 19.1 Å². The van der Waals surface area contributed by atoms with Gasteiger partial charge in [-0.15, -0.1) is 11.8 Å². The number of Topliss-reactive ketones (excluding diaryl/α,β-unsaturated/α-hetero) is 1. The summed E-state index contributed by atoms with van der Waals surface area (Å²) in [6.45, 7) is 1.04. The standard InChI is InChI=1S/C28H31ClN2O7S/c1-36-21-9-7-19(8-10-21)16-38-28(35)25(29)31-26(34)24(30-23(33)15-18-5-3-2-4-6-18)27(31)39-17-22(32)20-11-13-37-14-12-20/h2-10,20,24-25,27H,11-17H2,1H3,(H,30,33)/t24-,25?,27-/m1/s1. The van der Waals surface area contributed by atoms with Crippen molar-refractivity contribution in [1.82, 2.24) is 10.2 Å². The molecule has 208 valence electrons. The number of carbonyl (C=O) groups excluding carboxylic acids is 4. The molecule has 2 aromatic carbocycles. The molecule has 0 bridgehead atoms. The van der Waals surface area contributed by atoms with Crippen LogP contribution in [0.5, 0.6) is 5.75 Å². The third-order valence-electron chi connectivity index (χ3n) is 6.66. The van der Waals surface area contributed by atoms with Crippen molar-refractivity contribution in [2.45, 2.75) is 42.8 Å². The number of ether oxygens (including phenoxy) is 3. The predicted molar refractivity (Wildman–Crippen MR) is 146 cm³/mol. The molecular weight excluding hydrogens is 544 g/mol. The summed E-state index contributed by atoms with van der Waals surface area (Å²) < 4.78 is 15.8. The van der Waals surface area contributed by atoms with Gasteiger partial charge in [-0.25, -0.2) is 4.79 Å². The fourth-order valence-corrected chi connectivity index (χ4v) is 6.09. The number of ketones is 1. The van der Waals surface area contributed by atoms with Gasteiger partial charge in [0.05, 0.1) is 19.3 Å². The molecule has 1 unspecified atom stereocenters. The number of β-lactam (4-membered cyclic amide) rings is 1.